The number of benzene rings is 1. The second kappa shape index (κ2) is 4.06. The van der Waals surface area contributed by atoms with E-state index in [9.17, 15) is 0 Å². The maximum absolute atomic E-state index is 5.87. The van der Waals surface area contributed by atoms with Crippen LogP contribution in [0.3, 0.4) is 0 Å². The molecule has 0 saturated heterocycles. The van der Waals surface area contributed by atoms with Crippen molar-refractivity contribution in [1.82, 2.24) is 14.5 Å². The molecule has 98 valence electrons. The molecule has 0 amide bonds. The number of anilines is 1. The van der Waals surface area contributed by atoms with E-state index < -0.39 is 0 Å². The fourth-order valence-corrected chi connectivity index (χ4v) is 2.48. The molecular formula is C14H12N6. The number of hydrogen-bond acceptors (Lipinski definition) is 5. The molecule has 1 atom stereocenters. The second-order valence-electron chi connectivity index (χ2n) is 4.59. The number of hydrogen-bond donors (Lipinski definition) is 2. The first-order valence-electron chi connectivity index (χ1n) is 6.30. The van der Waals surface area contributed by atoms with Crippen molar-refractivity contribution in [3.63, 3.8) is 0 Å². The third kappa shape index (κ3) is 1.55. The number of imidazole rings is 1. The van der Waals surface area contributed by atoms with Crippen LogP contribution in [-0.4, -0.2) is 20.5 Å². The molecule has 0 spiro atoms. The molecule has 0 radical (unpaired) electrons. The Hall–Kier alpha value is -2.89. The zero-order chi connectivity index (χ0) is 13.5. The van der Waals surface area contributed by atoms with E-state index in [0.29, 0.717) is 11.9 Å². The van der Waals surface area contributed by atoms with Gasteiger partial charge in [-0.3, -0.25) is 14.9 Å². The van der Waals surface area contributed by atoms with Gasteiger partial charge in [-0.15, -0.1) is 0 Å². The number of rotatable bonds is 1. The molecule has 0 fully saturated rings. The highest BCUT2D eigenvalue weighted by Crippen LogP contribution is 2.31. The number of para-hydroxylation sites is 2. The maximum atomic E-state index is 5.87. The monoisotopic (exact) mass is 264 g/mol. The first-order chi connectivity index (χ1) is 9.83. The Bertz CT molecular complexity index is 805. The van der Waals surface area contributed by atoms with Gasteiger partial charge in [0.05, 0.1) is 11.0 Å². The number of fused-ring (bicyclic) bond motifs is 3. The molecule has 4 rings (SSSR count). The molecule has 0 unspecified atom stereocenters. The minimum atomic E-state index is -0.221. The summed E-state index contributed by atoms with van der Waals surface area (Å²) < 4.78 is 2.04. The first-order valence-corrected chi connectivity index (χ1v) is 6.30. The fraction of sp³-hybridized carbons (Fsp3) is 0.0714. The molecule has 20 heavy (non-hydrogen) atoms. The topological polar surface area (TPSA) is 81.1 Å². The average Bonchev–Trinajstić information content (AvgIpc) is 2.85. The van der Waals surface area contributed by atoms with Crippen LogP contribution in [0.15, 0.2) is 53.8 Å². The van der Waals surface area contributed by atoms with Crippen molar-refractivity contribution < 1.29 is 0 Å². The molecule has 0 bridgehead atoms. The Labute approximate surface area is 115 Å². The fourth-order valence-electron chi connectivity index (χ4n) is 2.48. The minimum Gasteiger partial charge on any atom is -0.370 e. The summed E-state index contributed by atoms with van der Waals surface area (Å²) in [5, 5.41) is 3.01. The number of nitrogens with one attached hydrogen (secondary N) is 1. The van der Waals surface area contributed by atoms with E-state index in [4.69, 9.17) is 5.73 Å². The van der Waals surface area contributed by atoms with Crippen molar-refractivity contribution in [3.05, 3.63) is 54.4 Å². The summed E-state index contributed by atoms with van der Waals surface area (Å²) in [7, 11) is 0. The normalized spacial score (nSPS) is 17.4. The molecule has 3 N–H and O–H groups in total. The molecule has 6 nitrogen and oxygen atoms in total. The predicted octanol–water partition coefficient (Wildman–Crippen LogP) is 1.72. The predicted molar refractivity (Wildman–Crippen MR) is 77.4 cm³/mol. The smallest absolute Gasteiger partial charge is 0.212 e. The summed E-state index contributed by atoms with van der Waals surface area (Å²) >= 11 is 0. The van der Waals surface area contributed by atoms with E-state index in [1.807, 2.05) is 41.0 Å². The molecule has 1 aromatic carbocycles. The van der Waals surface area contributed by atoms with Crippen molar-refractivity contribution in [1.29, 1.82) is 0 Å². The molecule has 0 aliphatic carbocycles. The maximum Gasteiger partial charge on any atom is 0.212 e. The van der Waals surface area contributed by atoms with Gasteiger partial charge in [-0.1, -0.05) is 12.1 Å². The van der Waals surface area contributed by atoms with Crippen LogP contribution < -0.4 is 11.1 Å². The van der Waals surface area contributed by atoms with Gasteiger partial charge in [-0.05, 0) is 24.3 Å². The van der Waals surface area contributed by atoms with Gasteiger partial charge in [-0.2, -0.15) is 0 Å². The number of nitrogens with zero attached hydrogens (tertiary/aromatic N) is 4. The lowest BCUT2D eigenvalue weighted by Gasteiger charge is -2.23. The van der Waals surface area contributed by atoms with Crippen molar-refractivity contribution in [3.8, 4) is 0 Å². The zero-order valence-corrected chi connectivity index (χ0v) is 10.6. The van der Waals surface area contributed by atoms with Gasteiger partial charge in [0.1, 0.15) is 0 Å². The molecular weight excluding hydrogens is 252 g/mol. The van der Waals surface area contributed by atoms with Gasteiger partial charge in [0.25, 0.3) is 0 Å². The molecule has 3 heterocycles. The van der Waals surface area contributed by atoms with Crippen LogP contribution in [0, 0.1) is 0 Å². The summed E-state index contributed by atoms with van der Waals surface area (Å²) in [5.74, 6) is 1.08. The number of aliphatic imine (C=N–C) groups is 1. The Morgan fingerprint density at radius 3 is 2.75 bits per heavy atom. The van der Waals surface area contributed by atoms with Gasteiger partial charge in [0, 0.05) is 18.0 Å². The van der Waals surface area contributed by atoms with Crippen LogP contribution in [0.1, 0.15) is 11.7 Å². The van der Waals surface area contributed by atoms with Crippen molar-refractivity contribution >= 4 is 22.9 Å². The van der Waals surface area contributed by atoms with Gasteiger partial charge >= 0.3 is 0 Å². The quantitative estimate of drug-likeness (QED) is 0.701. The van der Waals surface area contributed by atoms with Crippen LogP contribution in [0.25, 0.3) is 11.0 Å². The van der Waals surface area contributed by atoms with E-state index in [0.717, 1.165) is 16.6 Å². The van der Waals surface area contributed by atoms with Crippen LogP contribution >= 0.6 is 0 Å². The SMILES string of the molecule is NC1=N[C@H](c2ccncc2)n2c(nc3ccccc32)N1. The molecule has 3 aromatic rings. The Kier molecular flexibility index (Phi) is 2.23. The summed E-state index contributed by atoms with van der Waals surface area (Å²) in [5.41, 5.74) is 8.83. The van der Waals surface area contributed by atoms with Crippen LogP contribution in [0.4, 0.5) is 5.95 Å². The van der Waals surface area contributed by atoms with Crippen molar-refractivity contribution in [2.24, 2.45) is 10.7 Å². The van der Waals surface area contributed by atoms with E-state index >= 15 is 0 Å². The highest BCUT2D eigenvalue weighted by molar-refractivity contribution is 5.94. The molecule has 0 saturated carbocycles. The molecule has 6 heteroatoms. The molecule has 1 aliphatic rings. The minimum absolute atomic E-state index is 0.221. The van der Waals surface area contributed by atoms with Gasteiger partial charge in [-0.25, -0.2) is 9.98 Å². The van der Waals surface area contributed by atoms with Crippen LogP contribution in [0.2, 0.25) is 0 Å². The first kappa shape index (κ1) is 11.0. The number of pyridine rings is 1. The van der Waals surface area contributed by atoms with Gasteiger partial charge in [0.2, 0.25) is 5.95 Å². The summed E-state index contributed by atoms with van der Waals surface area (Å²) in [6.45, 7) is 0. The van der Waals surface area contributed by atoms with Crippen LogP contribution in [-0.2, 0) is 0 Å². The Balaban J connectivity index is 1.98. The highest BCUT2D eigenvalue weighted by Gasteiger charge is 2.24. The number of guanidine groups is 1. The van der Waals surface area contributed by atoms with E-state index in [1.165, 1.54) is 0 Å². The number of nitrogens with two attached hydrogens (primary N) is 1. The lowest BCUT2D eigenvalue weighted by Crippen LogP contribution is -2.31. The highest BCUT2D eigenvalue weighted by atomic mass is 15.4. The third-order valence-electron chi connectivity index (χ3n) is 3.35. The summed E-state index contributed by atoms with van der Waals surface area (Å²) in [6, 6.07) is 11.8. The van der Waals surface area contributed by atoms with E-state index in [2.05, 4.69) is 20.3 Å². The molecule has 2 aromatic heterocycles. The molecule has 1 aliphatic heterocycles. The lowest BCUT2D eigenvalue weighted by molar-refractivity contribution is 0.625. The van der Waals surface area contributed by atoms with Gasteiger partial charge < -0.3 is 5.73 Å². The zero-order valence-electron chi connectivity index (χ0n) is 10.6. The average molecular weight is 264 g/mol. The van der Waals surface area contributed by atoms with Gasteiger partial charge in [0.15, 0.2) is 12.1 Å². The van der Waals surface area contributed by atoms with E-state index in [-0.39, 0.29) is 6.17 Å². The van der Waals surface area contributed by atoms with Crippen molar-refractivity contribution in [2.75, 3.05) is 5.32 Å². The third-order valence-corrected chi connectivity index (χ3v) is 3.35. The summed E-state index contributed by atoms with van der Waals surface area (Å²) in [4.78, 5) is 13.1. The Morgan fingerprint density at radius 1 is 1.10 bits per heavy atom. The van der Waals surface area contributed by atoms with Crippen LogP contribution in [0.5, 0.6) is 0 Å². The second-order valence-corrected chi connectivity index (χ2v) is 4.59. The van der Waals surface area contributed by atoms with Crippen molar-refractivity contribution in [2.45, 2.75) is 6.17 Å². The Morgan fingerprint density at radius 2 is 1.90 bits per heavy atom. The summed E-state index contributed by atoms with van der Waals surface area (Å²) in [6.07, 6.45) is 3.28. The number of aromatic nitrogens is 3. The standard InChI is InChI=1S/C14H12N6/c15-13-18-12(9-5-7-16-8-6-9)20-11-4-2-1-3-10(11)17-14(20)19-13/h1-8,12H,(H3,15,17,18,19)/t12-/m0/s1. The van der Waals surface area contributed by atoms with E-state index in [1.54, 1.807) is 12.4 Å². The largest absolute Gasteiger partial charge is 0.370 e. The lowest BCUT2D eigenvalue weighted by atomic mass is 10.2.